The minimum absolute atomic E-state index is 0.178. The summed E-state index contributed by atoms with van der Waals surface area (Å²) in [6, 6.07) is 0. The summed E-state index contributed by atoms with van der Waals surface area (Å²) in [4.78, 5) is 12.2. The number of hydrogen-bond acceptors (Lipinski definition) is 3. The van der Waals surface area contributed by atoms with Gasteiger partial charge in [-0.15, -0.1) is 0 Å². The molecule has 0 spiro atoms. The van der Waals surface area contributed by atoms with E-state index in [1.807, 2.05) is 0 Å². The lowest BCUT2D eigenvalue weighted by Crippen LogP contribution is -2.56. The predicted octanol–water partition coefficient (Wildman–Crippen LogP) is 3.57. The van der Waals surface area contributed by atoms with E-state index in [1.165, 1.54) is 32.1 Å². The molecule has 4 saturated carbocycles. The second-order valence-electron chi connectivity index (χ2n) is 10.0. The van der Waals surface area contributed by atoms with E-state index >= 15 is 0 Å². The fraction of sp³-hybridized carbons (Fsp3) is 0.952. The molecule has 4 rings (SSSR count). The summed E-state index contributed by atoms with van der Waals surface area (Å²) in [5.41, 5.74) is 0.389. The minimum atomic E-state index is -0.549. The fourth-order valence-electron chi connectivity index (χ4n) is 7.94. The highest BCUT2D eigenvalue weighted by Gasteiger charge is 2.61. The summed E-state index contributed by atoms with van der Waals surface area (Å²) in [5, 5.41) is 20.5. The smallest absolute Gasteiger partial charge is 0.133 e. The molecular formula is C21H34O3. The molecule has 136 valence electrons. The molecule has 4 aliphatic rings. The van der Waals surface area contributed by atoms with Crippen molar-refractivity contribution in [1.82, 2.24) is 0 Å². The first kappa shape index (κ1) is 17.0. The lowest BCUT2D eigenvalue weighted by atomic mass is 9.44. The topological polar surface area (TPSA) is 57.5 Å². The summed E-state index contributed by atoms with van der Waals surface area (Å²) in [5.74, 6) is 3.31. The Morgan fingerprint density at radius 2 is 1.62 bits per heavy atom. The number of aliphatic hydroxyl groups is 2. The zero-order valence-electron chi connectivity index (χ0n) is 15.5. The summed E-state index contributed by atoms with van der Waals surface area (Å²) >= 11 is 0. The molecule has 24 heavy (non-hydrogen) atoms. The van der Waals surface area contributed by atoms with Crippen LogP contribution >= 0.6 is 0 Å². The van der Waals surface area contributed by atoms with Crippen LogP contribution < -0.4 is 0 Å². The van der Waals surface area contributed by atoms with Crippen LogP contribution in [-0.4, -0.2) is 28.2 Å². The second-order valence-corrected chi connectivity index (χ2v) is 10.0. The third-order valence-corrected chi connectivity index (χ3v) is 9.18. The molecule has 4 fully saturated rings. The van der Waals surface area contributed by atoms with Gasteiger partial charge in [0.15, 0.2) is 0 Å². The normalized spacial score (nSPS) is 57.0. The summed E-state index contributed by atoms with van der Waals surface area (Å²) in [7, 11) is 0. The molecule has 3 nitrogen and oxygen atoms in total. The van der Waals surface area contributed by atoms with E-state index in [0.717, 1.165) is 25.2 Å². The maximum absolute atomic E-state index is 12.2. The Labute approximate surface area is 146 Å². The van der Waals surface area contributed by atoms with Gasteiger partial charge in [-0.1, -0.05) is 13.8 Å². The van der Waals surface area contributed by atoms with Gasteiger partial charge in [-0.25, -0.2) is 0 Å². The van der Waals surface area contributed by atoms with Crippen molar-refractivity contribution < 1.29 is 15.0 Å². The lowest BCUT2D eigenvalue weighted by Gasteiger charge is -2.61. The van der Waals surface area contributed by atoms with Gasteiger partial charge >= 0.3 is 0 Å². The number of Topliss-reactive ketones (excluding diaryl/α,β-unsaturated/α-hetero) is 1. The Bertz CT molecular complexity index is 531. The molecule has 0 aliphatic heterocycles. The van der Waals surface area contributed by atoms with E-state index in [-0.39, 0.29) is 16.7 Å². The maximum Gasteiger partial charge on any atom is 0.133 e. The largest absolute Gasteiger partial charge is 0.390 e. The van der Waals surface area contributed by atoms with Gasteiger partial charge in [-0.2, -0.15) is 0 Å². The zero-order valence-corrected chi connectivity index (χ0v) is 15.5. The van der Waals surface area contributed by atoms with Gasteiger partial charge in [0, 0.05) is 5.92 Å². The summed E-state index contributed by atoms with van der Waals surface area (Å²) in [6.45, 7) is 6.58. The van der Waals surface area contributed by atoms with Crippen molar-refractivity contribution in [3.8, 4) is 0 Å². The molecule has 3 heteroatoms. The monoisotopic (exact) mass is 334 g/mol. The third-order valence-electron chi connectivity index (χ3n) is 9.18. The number of aliphatic hydroxyl groups excluding tert-OH is 2. The highest BCUT2D eigenvalue weighted by atomic mass is 16.3. The molecule has 0 aromatic carbocycles. The van der Waals surface area contributed by atoms with Crippen molar-refractivity contribution in [2.24, 2.45) is 40.4 Å². The van der Waals surface area contributed by atoms with E-state index in [4.69, 9.17) is 0 Å². The van der Waals surface area contributed by atoms with Gasteiger partial charge in [0.05, 0.1) is 12.2 Å². The van der Waals surface area contributed by atoms with Crippen LogP contribution in [0, 0.1) is 40.4 Å². The second kappa shape index (κ2) is 5.54. The Balaban J connectivity index is 1.62. The van der Waals surface area contributed by atoms with Crippen molar-refractivity contribution >= 4 is 5.78 Å². The quantitative estimate of drug-likeness (QED) is 0.771. The van der Waals surface area contributed by atoms with Crippen LogP contribution in [0.3, 0.4) is 0 Å². The van der Waals surface area contributed by atoms with Crippen LogP contribution in [0.15, 0.2) is 0 Å². The highest BCUT2D eigenvalue weighted by Crippen LogP contribution is 2.67. The molecule has 0 bridgehead atoms. The molecule has 1 unspecified atom stereocenters. The first-order valence-electron chi connectivity index (χ1n) is 10.1. The molecule has 0 radical (unpaired) electrons. The number of ketones is 1. The fourth-order valence-corrected chi connectivity index (χ4v) is 7.94. The number of carbonyl (C=O) groups is 1. The number of carbonyl (C=O) groups excluding carboxylic acids is 1. The number of fused-ring (bicyclic) bond motifs is 5. The molecule has 9 atom stereocenters. The van der Waals surface area contributed by atoms with E-state index in [1.54, 1.807) is 6.92 Å². The van der Waals surface area contributed by atoms with Crippen molar-refractivity contribution in [1.29, 1.82) is 0 Å². The Hall–Kier alpha value is -0.410. The van der Waals surface area contributed by atoms with Gasteiger partial charge in [0.2, 0.25) is 0 Å². The molecule has 0 aromatic heterocycles. The summed E-state index contributed by atoms with van der Waals surface area (Å²) < 4.78 is 0. The van der Waals surface area contributed by atoms with Crippen LogP contribution in [0.2, 0.25) is 0 Å². The van der Waals surface area contributed by atoms with Gasteiger partial charge in [0.25, 0.3) is 0 Å². The van der Waals surface area contributed by atoms with Crippen molar-refractivity contribution in [3.63, 3.8) is 0 Å². The van der Waals surface area contributed by atoms with Gasteiger partial charge < -0.3 is 10.2 Å². The average molecular weight is 335 g/mol. The Morgan fingerprint density at radius 3 is 2.33 bits per heavy atom. The molecule has 0 amide bonds. The highest BCUT2D eigenvalue weighted by molar-refractivity contribution is 5.79. The number of hydrogen-bond donors (Lipinski definition) is 2. The minimum Gasteiger partial charge on any atom is -0.390 e. The van der Waals surface area contributed by atoms with E-state index in [0.29, 0.717) is 23.5 Å². The van der Waals surface area contributed by atoms with Gasteiger partial charge in [-0.3, -0.25) is 4.79 Å². The molecule has 0 saturated heterocycles. The number of rotatable bonds is 1. The zero-order chi connectivity index (χ0) is 17.3. The van der Waals surface area contributed by atoms with E-state index in [2.05, 4.69) is 13.8 Å². The molecule has 0 aromatic rings. The standard InChI is InChI=1S/C21H34O3/c1-12(22)15-6-7-16-14-5-4-13-10-18(23)19(24)11-21(13,3)17(14)8-9-20(15,16)2/h13-19,23-24H,4-11H2,1-3H3/t13-,14-,15+,16-,17-,18-,19?,20+,21-/m0/s1. The third kappa shape index (κ3) is 2.19. The average Bonchev–Trinajstić information content (AvgIpc) is 2.86. The molecule has 2 N–H and O–H groups in total. The Morgan fingerprint density at radius 1 is 0.917 bits per heavy atom. The van der Waals surface area contributed by atoms with Gasteiger partial charge in [-0.05, 0) is 92.8 Å². The van der Waals surface area contributed by atoms with E-state index < -0.39 is 12.2 Å². The molecule has 4 aliphatic carbocycles. The predicted molar refractivity (Wildman–Crippen MR) is 93.3 cm³/mol. The Kier molecular flexibility index (Phi) is 3.93. The van der Waals surface area contributed by atoms with Crippen LogP contribution in [0.25, 0.3) is 0 Å². The van der Waals surface area contributed by atoms with Crippen molar-refractivity contribution in [2.45, 2.75) is 84.3 Å². The first-order chi connectivity index (χ1) is 11.3. The molecular weight excluding hydrogens is 300 g/mol. The maximum atomic E-state index is 12.2. The van der Waals surface area contributed by atoms with Gasteiger partial charge in [0.1, 0.15) is 5.78 Å². The van der Waals surface area contributed by atoms with Crippen molar-refractivity contribution in [3.05, 3.63) is 0 Å². The van der Waals surface area contributed by atoms with Crippen molar-refractivity contribution in [2.75, 3.05) is 0 Å². The van der Waals surface area contributed by atoms with Crippen LogP contribution in [0.4, 0.5) is 0 Å². The molecule has 0 heterocycles. The first-order valence-corrected chi connectivity index (χ1v) is 10.1. The SMILES string of the molecule is CC(=O)[C@H]1CC[C@H]2[C@@H]3CC[C@H]4C[C@H](O)C(O)C[C@]4(C)[C@H]3CC[C@]12C. The lowest BCUT2D eigenvalue weighted by molar-refractivity contribution is -0.160. The van der Waals surface area contributed by atoms with E-state index in [9.17, 15) is 15.0 Å². The van der Waals surface area contributed by atoms with Crippen LogP contribution in [0.1, 0.15) is 72.1 Å². The summed E-state index contributed by atoms with van der Waals surface area (Å²) in [6.07, 6.45) is 7.60. The van der Waals surface area contributed by atoms with Crippen LogP contribution in [-0.2, 0) is 4.79 Å². The van der Waals surface area contributed by atoms with Crippen LogP contribution in [0.5, 0.6) is 0 Å².